The van der Waals surface area contributed by atoms with E-state index in [1.807, 2.05) is 35.2 Å². The molecule has 0 spiro atoms. The zero-order valence-electron chi connectivity index (χ0n) is 16.4. The van der Waals surface area contributed by atoms with Crippen molar-refractivity contribution in [2.75, 3.05) is 33.9 Å². The summed E-state index contributed by atoms with van der Waals surface area (Å²) in [5, 5.41) is 3.34. The van der Waals surface area contributed by atoms with Gasteiger partial charge in [0.2, 0.25) is 5.75 Å². The van der Waals surface area contributed by atoms with Crippen molar-refractivity contribution in [2.45, 2.75) is 19.6 Å². The van der Waals surface area contributed by atoms with Crippen LogP contribution in [0.1, 0.15) is 22.8 Å². The summed E-state index contributed by atoms with van der Waals surface area (Å²) in [7, 11) is 3.12. The molecule has 1 atom stereocenters. The SMILES string of the molecule is COc1cc(C(=O)N2CCNC(C)C2)cc(OC)c1OCc1ccccc1.Cl. The van der Waals surface area contributed by atoms with Crippen LogP contribution < -0.4 is 19.5 Å². The molecule has 152 valence electrons. The lowest BCUT2D eigenvalue weighted by atomic mass is 10.1. The van der Waals surface area contributed by atoms with Gasteiger partial charge < -0.3 is 24.4 Å². The number of nitrogens with one attached hydrogen (secondary N) is 1. The van der Waals surface area contributed by atoms with Gasteiger partial charge in [-0.25, -0.2) is 0 Å². The number of nitrogens with zero attached hydrogens (tertiary/aromatic N) is 1. The molecular formula is C21H27ClN2O4. The molecule has 2 aromatic rings. The fourth-order valence-corrected chi connectivity index (χ4v) is 3.17. The lowest BCUT2D eigenvalue weighted by Crippen LogP contribution is -2.51. The average Bonchev–Trinajstić information content (AvgIpc) is 2.71. The maximum atomic E-state index is 12.9. The highest BCUT2D eigenvalue weighted by Gasteiger charge is 2.24. The van der Waals surface area contributed by atoms with Gasteiger partial charge in [-0.1, -0.05) is 30.3 Å². The third kappa shape index (κ3) is 5.09. The van der Waals surface area contributed by atoms with E-state index >= 15 is 0 Å². The highest BCUT2D eigenvalue weighted by molar-refractivity contribution is 5.95. The third-order valence-corrected chi connectivity index (χ3v) is 4.59. The van der Waals surface area contributed by atoms with E-state index in [-0.39, 0.29) is 24.4 Å². The Morgan fingerprint density at radius 1 is 1.14 bits per heavy atom. The second kappa shape index (κ2) is 10.2. The number of amides is 1. The first kappa shape index (κ1) is 21.9. The molecule has 0 saturated carbocycles. The van der Waals surface area contributed by atoms with Crippen molar-refractivity contribution in [1.29, 1.82) is 0 Å². The Morgan fingerprint density at radius 3 is 2.36 bits per heavy atom. The smallest absolute Gasteiger partial charge is 0.254 e. The van der Waals surface area contributed by atoms with E-state index in [2.05, 4.69) is 12.2 Å². The number of hydrogen-bond acceptors (Lipinski definition) is 5. The summed E-state index contributed by atoms with van der Waals surface area (Å²) >= 11 is 0. The van der Waals surface area contributed by atoms with Gasteiger partial charge >= 0.3 is 0 Å². The van der Waals surface area contributed by atoms with Crippen LogP contribution in [0.2, 0.25) is 0 Å². The first-order valence-electron chi connectivity index (χ1n) is 9.07. The monoisotopic (exact) mass is 406 g/mol. The second-order valence-corrected chi connectivity index (χ2v) is 6.59. The molecule has 1 N–H and O–H groups in total. The molecule has 0 bridgehead atoms. The second-order valence-electron chi connectivity index (χ2n) is 6.59. The highest BCUT2D eigenvalue weighted by Crippen LogP contribution is 2.39. The molecule has 3 rings (SSSR count). The number of halogens is 1. The Hall–Kier alpha value is -2.44. The minimum absolute atomic E-state index is 0. The summed E-state index contributed by atoms with van der Waals surface area (Å²) in [6, 6.07) is 13.6. The molecule has 2 aromatic carbocycles. The molecule has 1 aliphatic heterocycles. The number of ether oxygens (including phenoxy) is 3. The predicted molar refractivity (Wildman–Crippen MR) is 111 cm³/mol. The summed E-state index contributed by atoms with van der Waals surface area (Å²) in [5.41, 5.74) is 1.57. The van der Waals surface area contributed by atoms with Crippen molar-refractivity contribution >= 4 is 18.3 Å². The first-order chi connectivity index (χ1) is 13.1. The van der Waals surface area contributed by atoms with Gasteiger partial charge in [-0.05, 0) is 24.6 Å². The van der Waals surface area contributed by atoms with Crippen LogP contribution >= 0.6 is 12.4 Å². The van der Waals surface area contributed by atoms with Crippen LogP contribution in [0.4, 0.5) is 0 Å². The molecule has 0 aliphatic carbocycles. The number of carbonyl (C=O) groups is 1. The van der Waals surface area contributed by atoms with Crippen LogP contribution in [0, 0.1) is 0 Å². The van der Waals surface area contributed by atoms with Crippen molar-refractivity contribution in [2.24, 2.45) is 0 Å². The van der Waals surface area contributed by atoms with Crippen molar-refractivity contribution < 1.29 is 19.0 Å². The summed E-state index contributed by atoms with van der Waals surface area (Å²) in [4.78, 5) is 14.8. The minimum atomic E-state index is -0.0328. The van der Waals surface area contributed by atoms with E-state index < -0.39 is 0 Å². The van der Waals surface area contributed by atoms with Crippen LogP contribution in [-0.4, -0.2) is 50.7 Å². The third-order valence-electron chi connectivity index (χ3n) is 4.59. The van der Waals surface area contributed by atoms with Crippen molar-refractivity contribution in [3.63, 3.8) is 0 Å². The molecule has 1 saturated heterocycles. The maximum absolute atomic E-state index is 12.9. The lowest BCUT2D eigenvalue weighted by Gasteiger charge is -2.32. The van der Waals surface area contributed by atoms with Gasteiger partial charge in [0, 0.05) is 31.2 Å². The van der Waals surface area contributed by atoms with Gasteiger partial charge in [-0.2, -0.15) is 0 Å². The van der Waals surface area contributed by atoms with Gasteiger partial charge in [0.25, 0.3) is 5.91 Å². The Bertz CT molecular complexity index is 760. The fraction of sp³-hybridized carbons (Fsp3) is 0.381. The zero-order valence-corrected chi connectivity index (χ0v) is 17.3. The van der Waals surface area contributed by atoms with E-state index in [0.29, 0.717) is 42.5 Å². The van der Waals surface area contributed by atoms with E-state index in [9.17, 15) is 4.79 Å². The van der Waals surface area contributed by atoms with Gasteiger partial charge in [-0.3, -0.25) is 4.79 Å². The highest BCUT2D eigenvalue weighted by atomic mass is 35.5. The normalized spacial score (nSPS) is 16.1. The van der Waals surface area contributed by atoms with Crippen molar-refractivity contribution in [3.8, 4) is 17.2 Å². The van der Waals surface area contributed by atoms with E-state index in [4.69, 9.17) is 14.2 Å². The number of benzene rings is 2. The predicted octanol–water partition coefficient (Wildman–Crippen LogP) is 3.14. The molecule has 0 radical (unpaired) electrons. The van der Waals surface area contributed by atoms with Crippen LogP contribution in [-0.2, 0) is 6.61 Å². The Kier molecular flexibility index (Phi) is 7.96. The first-order valence-corrected chi connectivity index (χ1v) is 9.07. The molecule has 1 fully saturated rings. The fourth-order valence-electron chi connectivity index (χ4n) is 3.17. The maximum Gasteiger partial charge on any atom is 0.254 e. The summed E-state index contributed by atoms with van der Waals surface area (Å²) in [6.45, 7) is 4.60. The molecule has 1 unspecified atom stereocenters. The molecule has 1 amide bonds. The Morgan fingerprint density at radius 2 is 1.79 bits per heavy atom. The van der Waals surface area contributed by atoms with Crippen LogP contribution in [0.15, 0.2) is 42.5 Å². The molecule has 7 heteroatoms. The number of methoxy groups -OCH3 is 2. The lowest BCUT2D eigenvalue weighted by molar-refractivity contribution is 0.0708. The minimum Gasteiger partial charge on any atom is -0.493 e. The Labute approximate surface area is 172 Å². The van der Waals surface area contributed by atoms with Crippen molar-refractivity contribution in [1.82, 2.24) is 10.2 Å². The van der Waals surface area contributed by atoms with Crippen LogP contribution in [0.5, 0.6) is 17.2 Å². The van der Waals surface area contributed by atoms with Gasteiger partial charge in [0.1, 0.15) is 6.61 Å². The number of carbonyl (C=O) groups excluding carboxylic acids is 1. The summed E-state index contributed by atoms with van der Waals surface area (Å²) < 4.78 is 16.9. The molecule has 6 nitrogen and oxygen atoms in total. The zero-order chi connectivity index (χ0) is 19.2. The number of hydrogen-bond donors (Lipinski definition) is 1. The standard InChI is InChI=1S/C21H26N2O4.ClH/c1-15-13-23(10-9-22-15)21(24)17-11-18(25-2)20(19(12-17)26-3)27-14-16-7-5-4-6-8-16;/h4-8,11-12,15,22H,9-10,13-14H2,1-3H3;1H. The summed E-state index contributed by atoms with van der Waals surface area (Å²) in [6.07, 6.45) is 0. The van der Waals surface area contributed by atoms with Gasteiger partial charge in [-0.15, -0.1) is 12.4 Å². The van der Waals surface area contributed by atoms with E-state index in [1.54, 1.807) is 26.4 Å². The number of piperazine rings is 1. The van der Waals surface area contributed by atoms with Crippen LogP contribution in [0.3, 0.4) is 0 Å². The molecular weight excluding hydrogens is 380 g/mol. The van der Waals surface area contributed by atoms with Crippen molar-refractivity contribution in [3.05, 3.63) is 53.6 Å². The molecule has 28 heavy (non-hydrogen) atoms. The van der Waals surface area contributed by atoms with E-state index in [0.717, 1.165) is 12.1 Å². The molecule has 1 aliphatic rings. The van der Waals surface area contributed by atoms with Crippen LogP contribution in [0.25, 0.3) is 0 Å². The average molecular weight is 407 g/mol. The van der Waals surface area contributed by atoms with Gasteiger partial charge in [0.15, 0.2) is 11.5 Å². The molecule has 0 aromatic heterocycles. The van der Waals surface area contributed by atoms with E-state index in [1.165, 1.54) is 0 Å². The quantitative estimate of drug-likeness (QED) is 0.798. The molecule has 1 heterocycles. The topological polar surface area (TPSA) is 60.0 Å². The Balaban J connectivity index is 0.00000280. The summed E-state index contributed by atoms with van der Waals surface area (Å²) in [5.74, 6) is 1.43. The number of rotatable bonds is 6. The van der Waals surface area contributed by atoms with Gasteiger partial charge in [0.05, 0.1) is 14.2 Å². The largest absolute Gasteiger partial charge is 0.493 e.